The van der Waals surface area contributed by atoms with Gasteiger partial charge in [0.25, 0.3) is 0 Å². The lowest BCUT2D eigenvalue weighted by atomic mass is 9.92. The molecule has 0 heterocycles. The minimum absolute atomic E-state index is 0.107. The first-order valence-corrected chi connectivity index (χ1v) is 5.67. The van der Waals surface area contributed by atoms with E-state index in [1.165, 1.54) is 18.9 Å². The topological polar surface area (TPSA) is 69.6 Å². The van der Waals surface area contributed by atoms with Crippen LogP contribution in [0.1, 0.15) is 12.5 Å². The standard InChI is InChI=1S/C14H16N2O3/c1-4-10-16(3)13(19)15-14(2,12(17)18)11-8-6-5-7-9-11/h1,5-9H,10H2,2-3H3,(H,15,19)(H,17,18). The molecular weight excluding hydrogens is 244 g/mol. The van der Waals surface area contributed by atoms with E-state index in [1.807, 2.05) is 0 Å². The number of amides is 2. The molecule has 1 unspecified atom stereocenters. The van der Waals surface area contributed by atoms with Crippen molar-refractivity contribution in [2.45, 2.75) is 12.5 Å². The predicted octanol–water partition coefficient (Wildman–Crippen LogP) is 1.26. The lowest BCUT2D eigenvalue weighted by molar-refractivity contribution is -0.144. The van der Waals surface area contributed by atoms with Crippen LogP contribution in [0.3, 0.4) is 0 Å². The van der Waals surface area contributed by atoms with E-state index in [4.69, 9.17) is 6.42 Å². The van der Waals surface area contributed by atoms with E-state index in [0.29, 0.717) is 5.56 Å². The zero-order valence-corrected chi connectivity index (χ0v) is 10.9. The Morgan fingerprint density at radius 3 is 2.47 bits per heavy atom. The van der Waals surface area contributed by atoms with Crippen molar-refractivity contribution in [3.8, 4) is 12.3 Å². The van der Waals surface area contributed by atoms with Crippen molar-refractivity contribution >= 4 is 12.0 Å². The summed E-state index contributed by atoms with van der Waals surface area (Å²) >= 11 is 0. The molecule has 2 N–H and O–H groups in total. The summed E-state index contributed by atoms with van der Waals surface area (Å²) in [5.74, 6) is 1.18. The minimum atomic E-state index is -1.50. The van der Waals surface area contributed by atoms with Gasteiger partial charge in [0.05, 0.1) is 6.54 Å². The van der Waals surface area contributed by atoms with E-state index in [2.05, 4.69) is 11.2 Å². The molecule has 0 aliphatic heterocycles. The first-order valence-electron chi connectivity index (χ1n) is 5.67. The highest BCUT2D eigenvalue weighted by molar-refractivity contribution is 5.87. The molecule has 0 bridgehead atoms. The Morgan fingerprint density at radius 1 is 1.42 bits per heavy atom. The van der Waals surface area contributed by atoms with Gasteiger partial charge >= 0.3 is 12.0 Å². The highest BCUT2D eigenvalue weighted by Crippen LogP contribution is 2.21. The number of aliphatic carboxylic acids is 1. The summed E-state index contributed by atoms with van der Waals surface area (Å²) in [6.07, 6.45) is 5.11. The third kappa shape index (κ3) is 3.26. The number of urea groups is 1. The van der Waals surface area contributed by atoms with Gasteiger partial charge in [-0.25, -0.2) is 9.59 Å². The number of terminal acetylenes is 1. The average molecular weight is 260 g/mol. The third-order valence-electron chi connectivity index (χ3n) is 2.81. The van der Waals surface area contributed by atoms with Crippen LogP contribution < -0.4 is 5.32 Å². The van der Waals surface area contributed by atoms with Gasteiger partial charge in [-0.05, 0) is 12.5 Å². The summed E-state index contributed by atoms with van der Waals surface area (Å²) in [6.45, 7) is 1.54. The summed E-state index contributed by atoms with van der Waals surface area (Å²) < 4.78 is 0. The zero-order valence-electron chi connectivity index (χ0n) is 10.9. The molecule has 0 saturated heterocycles. The van der Waals surface area contributed by atoms with E-state index in [9.17, 15) is 14.7 Å². The van der Waals surface area contributed by atoms with Crippen LogP contribution in [0.5, 0.6) is 0 Å². The molecule has 0 spiro atoms. The number of benzene rings is 1. The van der Waals surface area contributed by atoms with Crippen molar-refractivity contribution in [3.63, 3.8) is 0 Å². The first-order chi connectivity index (χ1) is 8.91. The fourth-order valence-electron chi connectivity index (χ4n) is 1.54. The first kappa shape index (κ1) is 14.6. The second kappa shape index (κ2) is 5.91. The summed E-state index contributed by atoms with van der Waals surface area (Å²) in [4.78, 5) is 24.6. The highest BCUT2D eigenvalue weighted by Gasteiger charge is 2.37. The van der Waals surface area contributed by atoms with Gasteiger partial charge in [0, 0.05) is 7.05 Å². The summed E-state index contributed by atoms with van der Waals surface area (Å²) in [5, 5.41) is 11.9. The summed E-state index contributed by atoms with van der Waals surface area (Å²) in [7, 11) is 1.50. The number of nitrogens with one attached hydrogen (secondary N) is 1. The number of carboxylic acid groups (broad SMARTS) is 1. The van der Waals surface area contributed by atoms with Gasteiger partial charge in [0.15, 0.2) is 5.54 Å². The molecule has 1 atom stereocenters. The van der Waals surface area contributed by atoms with Crippen molar-refractivity contribution in [3.05, 3.63) is 35.9 Å². The van der Waals surface area contributed by atoms with Crippen LogP contribution in [0.15, 0.2) is 30.3 Å². The van der Waals surface area contributed by atoms with Crippen molar-refractivity contribution in [1.29, 1.82) is 0 Å². The Labute approximate surface area is 112 Å². The summed E-state index contributed by atoms with van der Waals surface area (Å²) in [5.41, 5.74) is -1.01. The number of carbonyl (C=O) groups is 2. The molecule has 0 radical (unpaired) electrons. The number of rotatable bonds is 4. The molecule has 100 valence electrons. The second-order valence-corrected chi connectivity index (χ2v) is 4.29. The molecule has 1 rings (SSSR count). The molecule has 2 amide bonds. The molecule has 1 aromatic carbocycles. The molecule has 19 heavy (non-hydrogen) atoms. The Morgan fingerprint density at radius 2 is 2.00 bits per heavy atom. The third-order valence-corrected chi connectivity index (χ3v) is 2.81. The van der Waals surface area contributed by atoms with Crippen LogP contribution in [0, 0.1) is 12.3 Å². The van der Waals surface area contributed by atoms with E-state index in [-0.39, 0.29) is 6.54 Å². The maximum atomic E-state index is 11.9. The number of hydrogen-bond donors (Lipinski definition) is 2. The number of nitrogens with zero attached hydrogens (tertiary/aromatic N) is 1. The maximum absolute atomic E-state index is 11.9. The van der Waals surface area contributed by atoms with Crippen molar-refractivity contribution in [2.24, 2.45) is 0 Å². The Kier molecular flexibility index (Phi) is 4.54. The van der Waals surface area contributed by atoms with Gasteiger partial charge in [0.1, 0.15) is 0 Å². The normalized spacial score (nSPS) is 12.9. The van der Waals surface area contributed by atoms with Crippen molar-refractivity contribution in [1.82, 2.24) is 10.2 Å². The van der Waals surface area contributed by atoms with Crippen molar-refractivity contribution < 1.29 is 14.7 Å². The lowest BCUT2D eigenvalue weighted by Crippen LogP contribution is -2.53. The fraction of sp³-hybridized carbons (Fsp3) is 0.286. The minimum Gasteiger partial charge on any atom is -0.479 e. The van der Waals surface area contributed by atoms with Crippen LogP contribution in [-0.4, -0.2) is 35.6 Å². The van der Waals surface area contributed by atoms with Crippen LogP contribution in [0.2, 0.25) is 0 Å². The molecule has 0 aromatic heterocycles. The average Bonchev–Trinajstić information content (AvgIpc) is 2.39. The quantitative estimate of drug-likeness (QED) is 0.801. The van der Waals surface area contributed by atoms with E-state index in [0.717, 1.165) is 0 Å². The number of hydrogen-bond acceptors (Lipinski definition) is 2. The smallest absolute Gasteiger partial charge is 0.333 e. The van der Waals surface area contributed by atoms with Gasteiger partial charge in [0.2, 0.25) is 0 Å². The van der Waals surface area contributed by atoms with Crippen LogP contribution in [-0.2, 0) is 10.3 Å². The van der Waals surface area contributed by atoms with Gasteiger partial charge in [-0.1, -0.05) is 36.3 Å². The molecule has 0 fully saturated rings. The second-order valence-electron chi connectivity index (χ2n) is 4.29. The van der Waals surface area contributed by atoms with E-state index < -0.39 is 17.5 Å². The van der Waals surface area contributed by atoms with Crippen LogP contribution in [0.25, 0.3) is 0 Å². The van der Waals surface area contributed by atoms with Gasteiger partial charge in [-0.2, -0.15) is 0 Å². The molecule has 0 saturated carbocycles. The Hall–Kier alpha value is -2.48. The SMILES string of the molecule is C#CCN(C)C(=O)NC(C)(C(=O)O)c1ccccc1. The van der Waals surface area contributed by atoms with Gasteiger partial charge < -0.3 is 15.3 Å². The molecule has 5 nitrogen and oxygen atoms in total. The number of carboxylic acids is 1. The highest BCUT2D eigenvalue weighted by atomic mass is 16.4. The zero-order chi connectivity index (χ0) is 14.5. The van der Waals surface area contributed by atoms with Crippen LogP contribution >= 0.6 is 0 Å². The maximum Gasteiger partial charge on any atom is 0.333 e. The lowest BCUT2D eigenvalue weighted by Gasteiger charge is -2.29. The van der Waals surface area contributed by atoms with Gasteiger partial charge in [-0.15, -0.1) is 6.42 Å². The molecule has 0 aliphatic carbocycles. The summed E-state index contributed by atoms with van der Waals surface area (Å²) in [6, 6.07) is 7.97. The van der Waals surface area contributed by atoms with Crippen molar-refractivity contribution in [2.75, 3.05) is 13.6 Å². The molecule has 0 aliphatic rings. The number of carbonyl (C=O) groups excluding carboxylic acids is 1. The Balaban J connectivity index is 3.00. The predicted molar refractivity (Wildman–Crippen MR) is 71.4 cm³/mol. The van der Waals surface area contributed by atoms with Gasteiger partial charge in [-0.3, -0.25) is 0 Å². The fourth-order valence-corrected chi connectivity index (χ4v) is 1.54. The molecule has 1 aromatic rings. The Bertz CT molecular complexity index is 507. The van der Waals surface area contributed by atoms with E-state index >= 15 is 0 Å². The molecule has 5 heteroatoms. The largest absolute Gasteiger partial charge is 0.479 e. The molecular formula is C14H16N2O3. The van der Waals surface area contributed by atoms with E-state index in [1.54, 1.807) is 30.3 Å². The monoisotopic (exact) mass is 260 g/mol. The van der Waals surface area contributed by atoms with Crippen LogP contribution in [0.4, 0.5) is 4.79 Å².